The minimum Gasteiger partial charge on any atom is -0.481 e. The number of nitrogens with two attached hydrogens (primary N) is 1. The molecule has 0 aromatic rings. The molecule has 61 heavy (non-hydrogen) atoms. The Morgan fingerprint density at radius 1 is 0.770 bits per heavy atom. The van der Waals surface area contributed by atoms with Gasteiger partial charge in [0, 0.05) is 0 Å². The van der Waals surface area contributed by atoms with Crippen LogP contribution in [0, 0.1) is 35.0 Å². The van der Waals surface area contributed by atoms with E-state index in [4.69, 9.17) is 29.0 Å². The molecule has 15 atom stereocenters. The third-order valence-electron chi connectivity index (χ3n) is 12.3. The van der Waals surface area contributed by atoms with Gasteiger partial charge in [0.05, 0.1) is 19.1 Å². The highest BCUT2D eigenvalue weighted by Gasteiger charge is 2.68. The minimum atomic E-state index is -5.60. The fourth-order valence-corrected chi connectivity index (χ4v) is 9.00. The molecule has 0 radical (unpaired) electrons. The van der Waals surface area contributed by atoms with Crippen molar-refractivity contribution in [3.05, 3.63) is 0 Å². The highest BCUT2D eigenvalue weighted by Crippen LogP contribution is 2.51. The summed E-state index contributed by atoms with van der Waals surface area (Å²) in [6.45, 7) is 13.9. The van der Waals surface area contributed by atoms with Gasteiger partial charge in [0.25, 0.3) is 0 Å². The third kappa shape index (κ3) is 17.1. The number of carboxylic acid groups (broad SMARTS) is 2. The number of carbonyl (C=O) groups excluding carboxylic acids is 1. The summed E-state index contributed by atoms with van der Waals surface area (Å²) >= 11 is 0. The first-order valence-electron chi connectivity index (χ1n) is 21.7. The van der Waals surface area contributed by atoms with E-state index in [0.29, 0.717) is 12.3 Å². The van der Waals surface area contributed by atoms with Crippen LogP contribution in [0.15, 0.2) is 0 Å². The summed E-state index contributed by atoms with van der Waals surface area (Å²) in [5, 5.41) is 83.6. The van der Waals surface area contributed by atoms with Gasteiger partial charge in [0.15, 0.2) is 17.8 Å². The summed E-state index contributed by atoms with van der Waals surface area (Å²) in [6.07, 6.45) is -9.86. The third-order valence-corrected chi connectivity index (χ3v) is 13.3. The van der Waals surface area contributed by atoms with E-state index >= 15 is 0 Å². The summed E-state index contributed by atoms with van der Waals surface area (Å²) < 4.78 is 38.6. The van der Waals surface area contributed by atoms with Crippen LogP contribution in [0.25, 0.3) is 0 Å². The average Bonchev–Trinajstić information content (AvgIpc) is 3.16. The van der Waals surface area contributed by atoms with E-state index in [-0.39, 0.29) is 17.8 Å². The predicted molar refractivity (Wildman–Crippen MR) is 220 cm³/mol. The Labute approximate surface area is 359 Å². The standard InChI is InChI=1S/C41H76NO18P/c1-23(2)11-10-13-25(4)14-15-26(5)18-20-40(6,7)19-9-8-12-24(3)16-17-27(36(48)49)22-56-61(54,55)60-38-41(53,34-31(46)30(45)29(44)28(21-43)57-34)35(59-39(42)52)32(47)33(58-38)37(50)51/h23-35,38,43-47,53H,8-22H2,1-7H3,(H2,42,52)(H,48,49)(H,50,51)(H,54,55)/t24?,25?,26?,27-,28-,29-,30+,31-,32-,33+,34-,35+,38-,41-/m1/s1. The van der Waals surface area contributed by atoms with Crippen molar-refractivity contribution < 1.29 is 88.0 Å². The maximum absolute atomic E-state index is 13.3. The van der Waals surface area contributed by atoms with Crippen LogP contribution < -0.4 is 5.73 Å². The molecule has 0 bridgehead atoms. The Morgan fingerprint density at radius 2 is 1.34 bits per heavy atom. The molecule has 2 aliphatic rings. The number of phosphoric ester groups is 1. The topological polar surface area (TPSA) is 323 Å². The van der Waals surface area contributed by atoms with Gasteiger partial charge in [0.2, 0.25) is 6.29 Å². The van der Waals surface area contributed by atoms with Gasteiger partial charge in [-0.2, -0.15) is 0 Å². The normalized spacial score (nSPS) is 31.5. The molecule has 11 N–H and O–H groups in total. The Bertz CT molecular complexity index is 1400. The molecule has 0 spiro atoms. The minimum absolute atomic E-state index is 0.0345. The van der Waals surface area contributed by atoms with Crippen molar-refractivity contribution in [3.63, 3.8) is 0 Å². The van der Waals surface area contributed by atoms with Crippen molar-refractivity contribution in [1.29, 1.82) is 0 Å². The lowest BCUT2D eigenvalue weighted by molar-refractivity contribution is -0.368. The maximum atomic E-state index is 13.3. The maximum Gasteiger partial charge on any atom is 0.474 e. The van der Waals surface area contributed by atoms with Crippen molar-refractivity contribution in [2.75, 3.05) is 13.2 Å². The van der Waals surface area contributed by atoms with Crippen LogP contribution >= 0.6 is 7.82 Å². The largest absolute Gasteiger partial charge is 0.481 e. The van der Waals surface area contributed by atoms with Crippen LogP contribution in [0.4, 0.5) is 4.79 Å². The van der Waals surface area contributed by atoms with Crippen molar-refractivity contribution in [3.8, 4) is 0 Å². The SMILES string of the molecule is CC(C)CCCC(C)CCC(C)CCC(C)(C)CCCCC(C)CC[C@H](COP(=O)(O)O[C@H]1O[C@H](C(=O)O)[C@@H](O)[C@H](OC(N)=O)[C@]1(O)[C@@H]1O[C@H](CO)[C@@H](O)[C@H](O)[C@H]1O)C(=O)O. The quantitative estimate of drug-likeness (QED) is 0.0395. The number of unbranched alkanes of at least 4 members (excludes halogenated alkanes) is 1. The Kier molecular flexibility index (Phi) is 22.5. The molecule has 0 aliphatic carbocycles. The van der Waals surface area contributed by atoms with Crippen LogP contribution in [0.2, 0.25) is 0 Å². The van der Waals surface area contributed by atoms with Crippen LogP contribution in [0.3, 0.4) is 0 Å². The zero-order valence-corrected chi connectivity index (χ0v) is 37.8. The zero-order valence-electron chi connectivity index (χ0n) is 36.9. The van der Waals surface area contributed by atoms with Gasteiger partial charge in [-0.25, -0.2) is 14.2 Å². The number of ether oxygens (including phenoxy) is 3. The number of carbonyl (C=O) groups is 3. The van der Waals surface area contributed by atoms with Gasteiger partial charge >= 0.3 is 25.9 Å². The lowest BCUT2D eigenvalue weighted by Gasteiger charge is -2.54. The molecule has 2 saturated heterocycles. The molecule has 2 fully saturated rings. The summed E-state index contributed by atoms with van der Waals surface area (Å²) in [7, 11) is -5.60. The van der Waals surface area contributed by atoms with Crippen molar-refractivity contribution in [2.45, 2.75) is 193 Å². The number of hydrogen-bond acceptors (Lipinski definition) is 15. The van der Waals surface area contributed by atoms with E-state index in [0.717, 1.165) is 43.9 Å². The summed E-state index contributed by atoms with van der Waals surface area (Å²) in [5.41, 5.74) is 1.86. The summed E-state index contributed by atoms with van der Waals surface area (Å²) in [5.74, 6) is -2.35. The number of aliphatic hydroxyl groups is 6. The highest BCUT2D eigenvalue weighted by atomic mass is 31.2. The lowest BCUT2D eigenvalue weighted by atomic mass is 9.76. The molecule has 20 heteroatoms. The van der Waals surface area contributed by atoms with Crippen LogP contribution in [-0.2, 0) is 37.4 Å². The van der Waals surface area contributed by atoms with Gasteiger partial charge in [-0.3, -0.25) is 13.8 Å². The second-order valence-electron chi connectivity index (χ2n) is 18.9. The molecule has 0 aromatic carbocycles. The van der Waals surface area contributed by atoms with Crippen LogP contribution in [0.5, 0.6) is 0 Å². The van der Waals surface area contributed by atoms with Crippen molar-refractivity contribution >= 4 is 25.9 Å². The molecule has 2 heterocycles. The van der Waals surface area contributed by atoms with E-state index in [9.17, 15) is 64.7 Å². The van der Waals surface area contributed by atoms with E-state index < -0.39 is 106 Å². The summed E-state index contributed by atoms with van der Waals surface area (Å²) in [6, 6.07) is 0. The lowest BCUT2D eigenvalue weighted by Crippen LogP contribution is -2.78. The molecule has 0 saturated carbocycles. The molecule has 0 aromatic heterocycles. The second-order valence-corrected chi connectivity index (χ2v) is 20.3. The molecular formula is C41H76NO18P. The Balaban J connectivity index is 2.01. The molecule has 2 rings (SSSR count). The molecule has 1 amide bonds. The van der Waals surface area contributed by atoms with Gasteiger partial charge in [-0.1, -0.05) is 106 Å². The van der Waals surface area contributed by atoms with Gasteiger partial charge in [-0.05, 0) is 54.8 Å². The smallest absolute Gasteiger partial charge is 0.474 e. The first-order chi connectivity index (χ1) is 28.3. The number of amides is 1. The van der Waals surface area contributed by atoms with E-state index in [1.165, 1.54) is 38.5 Å². The number of rotatable bonds is 28. The van der Waals surface area contributed by atoms with Crippen molar-refractivity contribution in [1.82, 2.24) is 0 Å². The van der Waals surface area contributed by atoms with E-state index in [1.54, 1.807) is 0 Å². The number of aliphatic carboxylic acids is 2. The molecule has 4 unspecified atom stereocenters. The molecule has 358 valence electrons. The Hall–Kier alpha value is -2.00. The first-order valence-corrected chi connectivity index (χ1v) is 23.2. The van der Waals surface area contributed by atoms with Crippen LogP contribution in [0.1, 0.15) is 132 Å². The number of phosphoric acid groups is 1. The number of primary amides is 1. The fraction of sp³-hybridized carbons (Fsp3) is 0.927. The number of aliphatic hydroxyl groups excluding tert-OH is 5. The summed E-state index contributed by atoms with van der Waals surface area (Å²) in [4.78, 5) is 46.8. The Morgan fingerprint density at radius 3 is 1.89 bits per heavy atom. The molecule has 19 nitrogen and oxygen atoms in total. The molecule has 2 aliphatic heterocycles. The first kappa shape index (κ1) is 55.1. The fourth-order valence-electron chi connectivity index (χ4n) is 8.11. The zero-order chi connectivity index (χ0) is 46.5. The average molecular weight is 902 g/mol. The second kappa shape index (κ2) is 24.9. The van der Waals surface area contributed by atoms with E-state index in [1.807, 2.05) is 6.92 Å². The van der Waals surface area contributed by atoms with Gasteiger partial charge in [-0.15, -0.1) is 0 Å². The van der Waals surface area contributed by atoms with Crippen LogP contribution in [-0.4, -0.2) is 138 Å². The predicted octanol–water partition coefficient (Wildman–Crippen LogP) is 3.69. The monoisotopic (exact) mass is 901 g/mol. The van der Waals surface area contributed by atoms with Gasteiger partial charge < -0.3 is 65.7 Å². The molecular weight excluding hydrogens is 825 g/mol. The number of carboxylic acids is 2. The van der Waals surface area contributed by atoms with Crippen molar-refractivity contribution in [2.24, 2.45) is 40.7 Å². The van der Waals surface area contributed by atoms with E-state index in [2.05, 4.69) is 41.5 Å². The van der Waals surface area contributed by atoms with Gasteiger partial charge in [0.1, 0.15) is 36.6 Å². The highest BCUT2D eigenvalue weighted by molar-refractivity contribution is 7.47. The number of hydrogen-bond donors (Lipinski definition) is 10.